The van der Waals surface area contributed by atoms with Gasteiger partial charge in [-0.1, -0.05) is 8.96 Å². The van der Waals surface area contributed by atoms with Crippen LogP contribution in [0.4, 0.5) is 32.8 Å². The van der Waals surface area contributed by atoms with Crippen molar-refractivity contribution in [3.05, 3.63) is 11.6 Å². The first kappa shape index (κ1) is 18.5. The van der Waals surface area contributed by atoms with Gasteiger partial charge in [0.2, 0.25) is 11.9 Å². The maximum Gasteiger partial charge on any atom is 0.395 e. The molecule has 0 N–H and O–H groups in total. The van der Waals surface area contributed by atoms with Crippen molar-refractivity contribution in [3.8, 4) is 0 Å². The lowest BCUT2D eigenvalue weighted by atomic mass is 10.1. The minimum Gasteiger partial charge on any atom is -0.370 e. The molecule has 0 spiro atoms. The Labute approximate surface area is 144 Å². The highest BCUT2D eigenvalue weighted by Crippen LogP contribution is 2.15. The van der Waals surface area contributed by atoms with Crippen LogP contribution < -0.4 is 19.9 Å². The maximum absolute atomic E-state index is 13.3. The summed E-state index contributed by atoms with van der Waals surface area (Å²) < 4.78 is 26.6. The van der Waals surface area contributed by atoms with Gasteiger partial charge >= 0.3 is 7.55 Å². The summed E-state index contributed by atoms with van der Waals surface area (Å²) in [5, 5.41) is 0.600. The number of aryl methyl sites for hydroxylation is 2. The summed E-state index contributed by atoms with van der Waals surface area (Å²) in [6.45, 7) is 3.27. The van der Waals surface area contributed by atoms with Crippen molar-refractivity contribution >= 4 is 31.3 Å². The van der Waals surface area contributed by atoms with Gasteiger partial charge in [-0.15, -0.1) is 0 Å². The third kappa shape index (κ3) is 4.58. The van der Waals surface area contributed by atoms with Crippen molar-refractivity contribution in [1.82, 2.24) is 29.9 Å². The van der Waals surface area contributed by atoms with E-state index in [4.69, 9.17) is 0 Å². The number of halogens is 2. The Morgan fingerprint density at radius 1 is 0.600 bits per heavy atom. The second-order valence-corrected chi connectivity index (χ2v) is 5.26. The largest absolute Gasteiger partial charge is 0.395 e. The number of hydrogen-bond donors (Lipinski definition) is 0. The molecule has 0 saturated heterocycles. The van der Waals surface area contributed by atoms with E-state index in [2.05, 4.69) is 29.9 Å². The molecule has 0 bridgehead atoms. The normalized spacial score (nSPS) is 10.4. The Kier molecular flexibility index (Phi) is 5.44. The van der Waals surface area contributed by atoms with Crippen LogP contribution in [0.3, 0.4) is 0 Å². The first-order chi connectivity index (χ1) is 11.7. The smallest absolute Gasteiger partial charge is 0.370 e. The van der Waals surface area contributed by atoms with E-state index >= 15 is 0 Å². The molecule has 0 atom stereocenters. The molecule has 2 aromatic rings. The van der Waals surface area contributed by atoms with Crippen LogP contribution >= 0.6 is 0 Å². The number of anilines is 4. The highest BCUT2D eigenvalue weighted by molar-refractivity contribution is 6.45. The Hall–Kier alpha value is -2.86. The van der Waals surface area contributed by atoms with Gasteiger partial charge in [0, 0.05) is 14.1 Å². The third-order valence-corrected chi connectivity index (χ3v) is 2.98. The number of rotatable bonds is 6. The maximum atomic E-state index is 13.3. The van der Waals surface area contributed by atoms with Crippen LogP contribution in [0.2, 0.25) is 0 Å². The predicted molar refractivity (Wildman–Crippen MR) is 90.7 cm³/mol. The number of nitrogens with zero attached hydrogens (tertiary/aromatic N) is 10. The second-order valence-electron chi connectivity index (χ2n) is 5.26. The van der Waals surface area contributed by atoms with Crippen molar-refractivity contribution in [3.63, 3.8) is 0 Å². The molecule has 10 nitrogen and oxygen atoms in total. The summed E-state index contributed by atoms with van der Waals surface area (Å²) in [4.78, 5) is 27.2. The van der Waals surface area contributed by atoms with Crippen molar-refractivity contribution in [2.75, 3.05) is 48.1 Å². The zero-order valence-electron chi connectivity index (χ0n) is 14.8. The standard InChI is InChI=1S/C12H18BF2N10/c1-7-16-9(20-11(18-7)24(5)14)22(3)13-23(4)10-17-8(2)19-12(21-10)25(6)15/h1-6H3. The van der Waals surface area contributed by atoms with Gasteiger partial charge in [-0.2, -0.15) is 40.1 Å². The van der Waals surface area contributed by atoms with Gasteiger partial charge in [0.15, 0.2) is 0 Å². The van der Waals surface area contributed by atoms with Gasteiger partial charge < -0.3 is 9.62 Å². The minimum absolute atomic E-state index is 0.109. The highest BCUT2D eigenvalue weighted by atomic mass is 19.2. The molecule has 2 heterocycles. The Bertz CT molecular complexity index is 682. The van der Waals surface area contributed by atoms with E-state index in [1.165, 1.54) is 14.1 Å². The zero-order valence-corrected chi connectivity index (χ0v) is 14.8. The molecule has 0 unspecified atom stereocenters. The van der Waals surface area contributed by atoms with Crippen molar-refractivity contribution in [1.29, 1.82) is 0 Å². The lowest BCUT2D eigenvalue weighted by Crippen LogP contribution is -2.39. The summed E-state index contributed by atoms with van der Waals surface area (Å²) in [6.07, 6.45) is 0. The molecule has 25 heavy (non-hydrogen) atoms. The van der Waals surface area contributed by atoms with Gasteiger partial charge in [-0.25, -0.2) is 0 Å². The van der Waals surface area contributed by atoms with Crippen LogP contribution in [-0.2, 0) is 0 Å². The molecule has 2 aromatic heterocycles. The summed E-state index contributed by atoms with van der Waals surface area (Å²) in [5.74, 6) is 0.972. The summed E-state index contributed by atoms with van der Waals surface area (Å²) in [6, 6.07) is 0. The second kappa shape index (κ2) is 7.36. The van der Waals surface area contributed by atoms with Crippen molar-refractivity contribution in [2.24, 2.45) is 0 Å². The van der Waals surface area contributed by atoms with Crippen LogP contribution in [0, 0.1) is 13.8 Å². The van der Waals surface area contributed by atoms with E-state index in [-0.39, 0.29) is 23.8 Å². The molecule has 0 aliphatic rings. The monoisotopic (exact) mass is 351 g/mol. The van der Waals surface area contributed by atoms with Crippen LogP contribution in [0.25, 0.3) is 0 Å². The number of hydrogen-bond acceptors (Lipinski definition) is 10. The minimum atomic E-state index is -0.109. The SMILES string of the molecule is Cc1nc(N(C)F)nc(N(C)[B]N(C)c2nc(C)nc(N(C)F)n2)n1. The molecule has 0 aliphatic carbocycles. The molecule has 0 fully saturated rings. The lowest BCUT2D eigenvalue weighted by Gasteiger charge is -2.23. The summed E-state index contributed by atoms with van der Waals surface area (Å²) in [7, 11) is 7.30. The first-order valence-electron chi connectivity index (χ1n) is 7.22. The van der Waals surface area contributed by atoms with Crippen molar-refractivity contribution in [2.45, 2.75) is 13.8 Å². The van der Waals surface area contributed by atoms with E-state index in [9.17, 15) is 8.96 Å². The zero-order chi connectivity index (χ0) is 18.7. The van der Waals surface area contributed by atoms with E-state index in [1.807, 2.05) is 0 Å². The van der Waals surface area contributed by atoms with Gasteiger partial charge in [0.05, 0.1) is 0 Å². The Morgan fingerprint density at radius 2 is 0.920 bits per heavy atom. The van der Waals surface area contributed by atoms with E-state index in [0.717, 1.165) is 0 Å². The van der Waals surface area contributed by atoms with Gasteiger partial charge in [-0.3, -0.25) is 0 Å². The molecular weight excluding hydrogens is 333 g/mol. The fraction of sp³-hybridized carbons (Fsp3) is 0.500. The highest BCUT2D eigenvalue weighted by Gasteiger charge is 2.18. The Morgan fingerprint density at radius 3 is 1.24 bits per heavy atom. The van der Waals surface area contributed by atoms with Crippen LogP contribution in [-0.4, -0.2) is 65.6 Å². The van der Waals surface area contributed by atoms with Gasteiger partial charge in [0.1, 0.15) is 11.6 Å². The van der Waals surface area contributed by atoms with Gasteiger partial charge in [-0.05, 0) is 27.9 Å². The Balaban J connectivity index is 2.22. The van der Waals surface area contributed by atoms with E-state index in [0.29, 0.717) is 21.9 Å². The molecule has 2 rings (SSSR count). The fourth-order valence-electron chi connectivity index (χ4n) is 1.86. The third-order valence-electron chi connectivity index (χ3n) is 2.98. The molecular formula is C12H18BF2N10. The molecule has 13 heteroatoms. The molecule has 0 saturated carbocycles. The summed E-state index contributed by atoms with van der Waals surface area (Å²) in [5.41, 5.74) is 0. The van der Waals surface area contributed by atoms with Crippen LogP contribution in [0.1, 0.15) is 11.6 Å². The topological polar surface area (TPSA) is 90.3 Å². The molecule has 0 aromatic carbocycles. The molecule has 1 radical (unpaired) electrons. The summed E-state index contributed by atoms with van der Waals surface area (Å²) >= 11 is 0. The molecule has 0 aliphatic heterocycles. The number of aromatic nitrogens is 6. The average Bonchev–Trinajstić information content (AvgIpc) is 2.53. The first-order valence-corrected chi connectivity index (χ1v) is 7.22. The quantitative estimate of drug-likeness (QED) is 0.539. The fourth-order valence-corrected chi connectivity index (χ4v) is 1.86. The molecule has 0 amide bonds. The average molecular weight is 351 g/mol. The van der Waals surface area contributed by atoms with Crippen LogP contribution in [0.5, 0.6) is 0 Å². The molecule has 133 valence electrons. The van der Waals surface area contributed by atoms with Crippen molar-refractivity contribution < 1.29 is 8.96 Å². The predicted octanol–water partition coefficient (Wildman–Crippen LogP) is 0.422. The van der Waals surface area contributed by atoms with E-state index < -0.39 is 0 Å². The van der Waals surface area contributed by atoms with Gasteiger partial charge in [0.25, 0.3) is 11.9 Å². The lowest BCUT2D eigenvalue weighted by molar-refractivity contribution is 0.461. The van der Waals surface area contributed by atoms with E-state index in [1.54, 1.807) is 45.1 Å². The van der Waals surface area contributed by atoms with Crippen LogP contribution in [0.15, 0.2) is 0 Å².